The van der Waals surface area contributed by atoms with Gasteiger partial charge in [-0.3, -0.25) is 14.4 Å². The van der Waals surface area contributed by atoms with Gasteiger partial charge in [-0.25, -0.2) is 0 Å². The summed E-state index contributed by atoms with van der Waals surface area (Å²) in [4.78, 5) is 31.9. The molecule has 6 nitrogen and oxygen atoms in total. The van der Waals surface area contributed by atoms with Crippen LogP contribution in [0.3, 0.4) is 0 Å². The normalized spacial score (nSPS) is 32.4. The standard InChI is InChI=1S/C8H11NO5/c9-5-1-4(8(12)13)7(14-3-10)2-6(5)11/h3-5,7H,1-2,9H2,(H,12,13). The predicted molar refractivity (Wildman–Crippen MR) is 44.3 cm³/mol. The zero-order valence-corrected chi connectivity index (χ0v) is 7.38. The number of ether oxygens (including phenoxy) is 1. The van der Waals surface area contributed by atoms with Crippen LogP contribution in [0.25, 0.3) is 0 Å². The molecule has 0 saturated heterocycles. The maximum Gasteiger partial charge on any atom is 0.310 e. The van der Waals surface area contributed by atoms with Crippen LogP contribution in [0.15, 0.2) is 0 Å². The molecule has 6 heteroatoms. The molecule has 78 valence electrons. The monoisotopic (exact) mass is 201 g/mol. The van der Waals surface area contributed by atoms with Crippen LogP contribution in [0, 0.1) is 5.92 Å². The van der Waals surface area contributed by atoms with Crippen LogP contribution in [0.2, 0.25) is 0 Å². The van der Waals surface area contributed by atoms with Gasteiger partial charge in [0.25, 0.3) is 6.47 Å². The molecule has 1 fully saturated rings. The summed E-state index contributed by atoms with van der Waals surface area (Å²) in [6.07, 6.45) is -0.971. The van der Waals surface area contributed by atoms with Crippen LogP contribution < -0.4 is 5.73 Å². The van der Waals surface area contributed by atoms with E-state index in [2.05, 4.69) is 4.74 Å². The van der Waals surface area contributed by atoms with E-state index in [1.54, 1.807) is 0 Å². The third-order valence-electron chi connectivity index (χ3n) is 2.32. The Kier molecular flexibility index (Phi) is 3.19. The number of Topliss-reactive ketones (excluding diaryl/α,β-unsaturated/α-hetero) is 1. The highest BCUT2D eigenvalue weighted by Crippen LogP contribution is 2.24. The summed E-state index contributed by atoms with van der Waals surface area (Å²) in [6.45, 7) is 0.157. The number of ketones is 1. The van der Waals surface area contributed by atoms with E-state index in [1.807, 2.05) is 0 Å². The molecule has 0 aromatic rings. The number of carboxylic acids is 1. The van der Waals surface area contributed by atoms with Crippen molar-refractivity contribution in [1.82, 2.24) is 0 Å². The van der Waals surface area contributed by atoms with Crippen LogP contribution in [-0.4, -0.2) is 35.5 Å². The maximum atomic E-state index is 11.1. The Morgan fingerprint density at radius 2 is 2.29 bits per heavy atom. The second kappa shape index (κ2) is 4.19. The van der Waals surface area contributed by atoms with Crippen molar-refractivity contribution in [3.05, 3.63) is 0 Å². The first-order valence-corrected chi connectivity index (χ1v) is 4.16. The Hall–Kier alpha value is -1.43. The van der Waals surface area contributed by atoms with E-state index >= 15 is 0 Å². The summed E-state index contributed by atoms with van der Waals surface area (Å²) in [5.74, 6) is -2.25. The van der Waals surface area contributed by atoms with Gasteiger partial charge in [-0.1, -0.05) is 0 Å². The predicted octanol–water partition coefficient (Wildman–Crippen LogP) is -1.08. The van der Waals surface area contributed by atoms with Crippen LogP contribution in [0.4, 0.5) is 0 Å². The highest BCUT2D eigenvalue weighted by molar-refractivity contribution is 5.87. The highest BCUT2D eigenvalue weighted by Gasteiger charge is 2.39. The van der Waals surface area contributed by atoms with Gasteiger partial charge in [-0.05, 0) is 6.42 Å². The summed E-state index contributed by atoms with van der Waals surface area (Å²) in [5.41, 5.74) is 5.41. The number of aliphatic carboxylic acids is 1. The van der Waals surface area contributed by atoms with Crippen molar-refractivity contribution >= 4 is 18.2 Å². The molecule has 1 rings (SSSR count). The molecule has 14 heavy (non-hydrogen) atoms. The van der Waals surface area contributed by atoms with Crippen molar-refractivity contribution < 1.29 is 24.2 Å². The number of carboxylic acid groups (broad SMARTS) is 1. The Balaban J connectivity index is 2.74. The van der Waals surface area contributed by atoms with E-state index in [1.165, 1.54) is 0 Å². The molecule has 1 saturated carbocycles. The first-order valence-electron chi connectivity index (χ1n) is 4.16. The quantitative estimate of drug-likeness (QED) is 0.562. The third-order valence-corrected chi connectivity index (χ3v) is 2.32. The number of rotatable bonds is 3. The lowest BCUT2D eigenvalue weighted by atomic mass is 9.83. The number of hydrogen-bond acceptors (Lipinski definition) is 5. The van der Waals surface area contributed by atoms with Crippen LogP contribution in [0.1, 0.15) is 12.8 Å². The van der Waals surface area contributed by atoms with Crippen LogP contribution in [-0.2, 0) is 19.1 Å². The average Bonchev–Trinajstić information content (AvgIpc) is 2.11. The van der Waals surface area contributed by atoms with Crippen LogP contribution in [0.5, 0.6) is 0 Å². The molecule has 0 heterocycles. The molecule has 3 N–H and O–H groups in total. The summed E-state index contributed by atoms with van der Waals surface area (Å²) >= 11 is 0. The minimum absolute atomic E-state index is 0.0205. The Bertz CT molecular complexity index is 264. The van der Waals surface area contributed by atoms with Gasteiger partial charge in [0.1, 0.15) is 6.10 Å². The molecule has 0 bridgehead atoms. The zero-order chi connectivity index (χ0) is 10.7. The van der Waals surface area contributed by atoms with E-state index in [9.17, 15) is 14.4 Å². The fraction of sp³-hybridized carbons (Fsp3) is 0.625. The van der Waals surface area contributed by atoms with Crippen molar-refractivity contribution in [2.24, 2.45) is 11.7 Å². The molecular formula is C8H11NO5. The van der Waals surface area contributed by atoms with Crippen molar-refractivity contribution in [2.75, 3.05) is 0 Å². The lowest BCUT2D eigenvalue weighted by Gasteiger charge is -2.29. The first kappa shape index (κ1) is 10.6. The van der Waals surface area contributed by atoms with E-state index in [4.69, 9.17) is 10.8 Å². The Morgan fingerprint density at radius 1 is 1.64 bits per heavy atom. The topological polar surface area (TPSA) is 107 Å². The molecule has 1 aliphatic carbocycles. The zero-order valence-electron chi connectivity index (χ0n) is 7.38. The van der Waals surface area contributed by atoms with E-state index in [-0.39, 0.29) is 25.1 Å². The average molecular weight is 201 g/mol. The lowest BCUT2D eigenvalue weighted by molar-refractivity contribution is -0.155. The van der Waals surface area contributed by atoms with Crippen LogP contribution >= 0.6 is 0 Å². The number of carbonyl (C=O) groups is 3. The largest absolute Gasteiger partial charge is 0.481 e. The smallest absolute Gasteiger partial charge is 0.310 e. The molecule has 0 spiro atoms. The number of hydrogen-bond donors (Lipinski definition) is 2. The third kappa shape index (κ3) is 2.08. The SMILES string of the molecule is NC1CC(C(=O)O)C(OC=O)CC1=O. The lowest BCUT2D eigenvalue weighted by Crippen LogP contribution is -2.47. The van der Waals surface area contributed by atoms with Crippen molar-refractivity contribution in [1.29, 1.82) is 0 Å². The second-order valence-electron chi connectivity index (χ2n) is 3.23. The second-order valence-corrected chi connectivity index (χ2v) is 3.23. The molecule has 0 radical (unpaired) electrons. The first-order chi connectivity index (χ1) is 6.56. The van der Waals surface area contributed by atoms with Gasteiger partial charge in [-0.2, -0.15) is 0 Å². The molecular weight excluding hydrogens is 190 g/mol. The van der Waals surface area contributed by atoms with Gasteiger partial charge in [0.2, 0.25) is 0 Å². The fourth-order valence-corrected chi connectivity index (χ4v) is 1.52. The summed E-state index contributed by atoms with van der Waals surface area (Å²) in [5, 5.41) is 8.78. The number of carbonyl (C=O) groups excluding carboxylic acids is 2. The summed E-state index contributed by atoms with van der Waals surface area (Å²) < 4.78 is 4.54. The van der Waals surface area contributed by atoms with Gasteiger partial charge < -0.3 is 15.6 Å². The van der Waals surface area contributed by atoms with Gasteiger partial charge in [0.05, 0.1) is 12.0 Å². The van der Waals surface area contributed by atoms with E-state index in [0.717, 1.165) is 0 Å². The van der Waals surface area contributed by atoms with E-state index < -0.39 is 24.0 Å². The molecule has 0 aromatic heterocycles. The fourth-order valence-electron chi connectivity index (χ4n) is 1.52. The van der Waals surface area contributed by atoms with Gasteiger partial charge in [0.15, 0.2) is 5.78 Å². The maximum absolute atomic E-state index is 11.1. The van der Waals surface area contributed by atoms with E-state index in [0.29, 0.717) is 0 Å². The van der Waals surface area contributed by atoms with Crippen molar-refractivity contribution in [2.45, 2.75) is 25.0 Å². The molecule has 0 aromatic carbocycles. The van der Waals surface area contributed by atoms with Gasteiger partial charge >= 0.3 is 5.97 Å². The molecule has 1 aliphatic rings. The highest BCUT2D eigenvalue weighted by atomic mass is 16.5. The molecule has 0 amide bonds. The Morgan fingerprint density at radius 3 is 2.79 bits per heavy atom. The van der Waals surface area contributed by atoms with Gasteiger partial charge in [0, 0.05) is 6.42 Å². The van der Waals surface area contributed by atoms with Crippen molar-refractivity contribution in [3.8, 4) is 0 Å². The van der Waals surface area contributed by atoms with Gasteiger partial charge in [-0.15, -0.1) is 0 Å². The summed E-state index contributed by atoms with van der Waals surface area (Å²) in [6, 6.07) is -0.761. The number of nitrogens with two attached hydrogens (primary N) is 1. The summed E-state index contributed by atoms with van der Waals surface area (Å²) in [7, 11) is 0. The Labute approximate surface area is 80.0 Å². The molecule has 0 aliphatic heterocycles. The molecule has 3 atom stereocenters. The minimum atomic E-state index is -1.10. The minimum Gasteiger partial charge on any atom is -0.481 e. The van der Waals surface area contributed by atoms with Crippen molar-refractivity contribution in [3.63, 3.8) is 0 Å². The molecule has 3 unspecified atom stereocenters.